The zero-order chi connectivity index (χ0) is 19.7. The second-order valence-electron chi connectivity index (χ2n) is 7.26. The number of H-pyrrole nitrogens is 2. The van der Waals surface area contributed by atoms with Gasteiger partial charge in [0.2, 0.25) is 5.71 Å². The first-order valence-electron chi connectivity index (χ1n) is 9.24. The second-order valence-corrected chi connectivity index (χ2v) is 7.26. The van der Waals surface area contributed by atoms with Crippen LogP contribution >= 0.6 is 0 Å². The van der Waals surface area contributed by atoms with Crippen LogP contribution in [0.25, 0.3) is 11.2 Å². The lowest BCUT2D eigenvalue weighted by molar-refractivity contribution is 0.0981. The number of carbonyl (C=O) groups is 1. The number of rotatable bonds is 5. The van der Waals surface area contributed by atoms with Gasteiger partial charge >= 0.3 is 11.8 Å². The Hall–Kier alpha value is -3.30. The molecule has 0 bridgehead atoms. The fourth-order valence-corrected chi connectivity index (χ4v) is 3.42. The molecule has 0 radical (unpaired) electrons. The van der Waals surface area contributed by atoms with Gasteiger partial charge in [0.1, 0.15) is 11.6 Å². The predicted molar refractivity (Wildman–Crippen MR) is 102 cm³/mol. The molecule has 0 spiro atoms. The minimum Gasteiger partial charge on any atom is -0.446 e. The summed E-state index contributed by atoms with van der Waals surface area (Å²) >= 11 is 0. The molecule has 1 aliphatic rings. The molecule has 10 heteroatoms. The highest BCUT2D eigenvalue weighted by atomic mass is 16.6. The topological polar surface area (TPSA) is 138 Å². The van der Waals surface area contributed by atoms with Crippen LogP contribution in [0.4, 0.5) is 16.3 Å². The number of pyridine rings is 1. The zero-order valence-corrected chi connectivity index (χ0v) is 15.6. The monoisotopic (exact) mass is 386 g/mol. The van der Waals surface area contributed by atoms with Crippen molar-refractivity contribution in [3.63, 3.8) is 0 Å². The van der Waals surface area contributed by atoms with Gasteiger partial charge in [-0.25, -0.2) is 14.6 Å². The van der Waals surface area contributed by atoms with Crippen LogP contribution < -0.4 is 16.4 Å². The third-order valence-corrected chi connectivity index (χ3v) is 4.65. The SMILES string of the molecule is CC(C)NC(=O)O[C@@H]1CC[C@H](c2cc(Nc3cnc4oc(=O)[nH]c4c3)n[nH]2)C1. The highest BCUT2D eigenvalue weighted by Crippen LogP contribution is 2.36. The average Bonchev–Trinajstić information content (AvgIpc) is 3.32. The molecule has 0 aromatic carbocycles. The van der Waals surface area contributed by atoms with Crippen molar-refractivity contribution in [3.8, 4) is 0 Å². The molecule has 4 rings (SSSR count). The number of amides is 1. The van der Waals surface area contributed by atoms with Gasteiger partial charge in [-0.05, 0) is 39.2 Å². The molecule has 1 aliphatic carbocycles. The van der Waals surface area contributed by atoms with Crippen LogP contribution in [0.2, 0.25) is 0 Å². The number of fused-ring (bicyclic) bond motifs is 1. The van der Waals surface area contributed by atoms with Crippen molar-refractivity contribution in [2.24, 2.45) is 0 Å². The average molecular weight is 386 g/mol. The van der Waals surface area contributed by atoms with Crippen LogP contribution in [0, 0.1) is 0 Å². The summed E-state index contributed by atoms with van der Waals surface area (Å²) in [6.07, 6.45) is 3.62. The Kier molecular flexibility index (Phi) is 4.76. The van der Waals surface area contributed by atoms with E-state index in [0.29, 0.717) is 17.0 Å². The van der Waals surface area contributed by atoms with Crippen LogP contribution in [0.15, 0.2) is 27.5 Å². The fourth-order valence-electron chi connectivity index (χ4n) is 3.42. The van der Waals surface area contributed by atoms with E-state index in [1.807, 2.05) is 19.9 Å². The maximum absolute atomic E-state index is 11.8. The van der Waals surface area contributed by atoms with E-state index in [1.54, 1.807) is 12.3 Å². The Labute approximate surface area is 160 Å². The number of aromatic amines is 2. The van der Waals surface area contributed by atoms with Gasteiger partial charge < -0.3 is 19.8 Å². The van der Waals surface area contributed by atoms with E-state index in [9.17, 15) is 9.59 Å². The number of aromatic nitrogens is 4. The third-order valence-electron chi connectivity index (χ3n) is 4.65. The Morgan fingerprint density at radius 3 is 3.04 bits per heavy atom. The molecule has 1 fully saturated rings. The van der Waals surface area contributed by atoms with Crippen molar-refractivity contribution < 1.29 is 13.9 Å². The summed E-state index contributed by atoms with van der Waals surface area (Å²) in [5, 5.41) is 13.2. The van der Waals surface area contributed by atoms with E-state index < -0.39 is 5.76 Å². The number of nitrogens with one attached hydrogen (secondary N) is 4. The molecular weight excluding hydrogens is 364 g/mol. The number of oxazole rings is 1. The zero-order valence-electron chi connectivity index (χ0n) is 15.6. The summed E-state index contributed by atoms with van der Waals surface area (Å²) in [5.74, 6) is 0.358. The Bertz CT molecular complexity index is 1040. The largest absolute Gasteiger partial charge is 0.446 e. The van der Waals surface area contributed by atoms with E-state index in [0.717, 1.165) is 25.0 Å². The minimum absolute atomic E-state index is 0.0551. The molecule has 2 atom stereocenters. The van der Waals surface area contributed by atoms with Gasteiger partial charge in [-0.3, -0.25) is 10.1 Å². The number of alkyl carbamates (subject to hydrolysis) is 1. The summed E-state index contributed by atoms with van der Waals surface area (Å²) in [7, 11) is 0. The first-order valence-corrected chi connectivity index (χ1v) is 9.24. The van der Waals surface area contributed by atoms with Crippen molar-refractivity contribution in [2.45, 2.75) is 51.2 Å². The smallest absolute Gasteiger partial charge is 0.418 e. The van der Waals surface area contributed by atoms with Crippen molar-refractivity contribution in [3.05, 3.63) is 34.6 Å². The van der Waals surface area contributed by atoms with Crippen LogP contribution in [0.5, 0.6) is 0 Å². The van der Waals surface area contributed by atoms with Crippen LogP contribution in [-0.2, 0) is 4.74 Å². The first-order chi connectivity index (χ1) is 13.5. The normalized spacial score (nSPS) is 19.2. The molecule has 0 unspecified atom stereocenters. The summed E-state index contributed by atoms with van der Waals surface area (Å²) in [6, 6.07) is 3.72. The van der Waals surface area contributed by atoms with Gasteiger partial charge in [-0.15, -0.1) is 0 Å². The van der Waals surface area contributed by atoms with Gasteiger partial charge in [-0.2, -0.15) is 5.10 Å². The molecule has 148 valence electrons. The molecular formula is C18H22N6O4. The Morgan fingerprint density at radius 2 is 2.21 bits per heavy atom. The van der Waals surface area contributed by atoms with E-state index in [4.69, 9.17) is 9.15 Å². The lowest BCUT2D eigenvalue weighted by Gasteiger charge is -2.14. The fraction of sp³-hybridized carbons (Fsp3) is 0.444. The molecule has 0 aliphatic heterocycles. The van der Waals surface area contributed by atoms with Gasteiger partial charge in [0.25, 0.3) is 0 Å². The number of carbonyl (C=O) groups excluding carboxylic acids is 1. The summed E-state index contributed by atoms with van der Waals surface area (Å²) < 4.78 is 10.4. The lowest BCUT2D eigenvalue weighted by Crippen LogP contribution is -2.33. The molecule has 28 heavy (non-hydrogen) atoms. The quantitative estimate of drug-likeness (QED) is 0.529. The second kappa shape index (κ2) is 7.37. The molecule has 10 nitrogen and oxygen atoms in total. The maximum atomic E-state index is 11.8. The van der Waals surface area contributed by atoms with E-state index in [-0.39, 0.29) is 29.9 Å². The first kappa shape index (κ1) is 18.1. The Balaban J connectivity index is 1.37. The van der Waals surface area contributed by atoms with Crippen molar-refractivity contribution in [2.75, 3.05) is 5.32 Å². The number of hydrogen-bond acceptors (Lipinski definition) is 7. The van der Waals surface area contributed by atoms with Gasteiger partial charge in [0.05, 0.1) is 11.9 Å². The van der Waals surface area contributed by atoms with Crippen LogP contribution in [0.1, 0.15) is 44.7 Å². The van der Waals surface area contributed by atoms with Crippen molar-refractivity contribution in [1.29, 1.82) is 0 Å². The summed E-state index contributed by atoms with van der Waals surface area (Å²) in [5.41, 5.74) is 2.45. The molecule has 1 saturated carbocycles. The summed E-state index contributed by atoms with van der Waals surface area (Å²) in [4.78, 5) is 29.6. The minimum atomic E-state index is -0.540. The van der Waals surface area contributed by atoms with Crippen LogP contribution in [0.3, 0.4) is 0 Å². The van der Waals surface area contributed by atoms with Crippen molar-refractivity contribution in [1.82, 2.24) is 25.5 Å². The number of ether oxygens (including phenoxy) is 1. The van der Waals surface area contributed by atoms with E-state index in [2.05, 4.69) is 30.8 Å². The third kappa shape index (κ3) is 4.00. The molecule has 1 amide bonds. The molecule has 0 saturated heterocycles. The predicted octanol–water partition coefficient (Wildman–Crippen LogP) is 2.75. The van der Waals surface area contributed by atoms with E-state index in [1.165, 1.54) is 0 Å². The standard InChI is InChI=1S/C18H22N6O4/c1-9(2)20-17(25)27-12-4-3-10(5-12)13-7-15(24-23-13)21-11-6-14-16(19-8-11)28-18(26)22-14/h6-10,12H,3-5H2,1-2H3,(H,20,25)(H,22,26)(H2,21,23,24)/t10-,12+/m0/s1. The molecule has 4 N–H and O–H groups in total. The summed E-state index contributed by atoms with van der Waals surface area (Å²) in [6.45, 7) is 3.80. The highest BCUT2D eigenvalue weighted by molar-refractivity contribution is 5.73. The van der Waals surface area contributed by atoms with Crippen LogP contribution in [-0.4, -0.2) is 38.4 Å². The van der Waals surface area contributed by atoms with Gasteiger partial charge in [-0.1, -0.05) is 0 Å². The number of anilines is 2. The van der Waals surface area contributed by atoms with Gasteiger partial charge in [0, 0.05) is 23.7 Å². The van der Waals surface area contributed by atoms with Crippen molar-refractivity contribution >= 4 is 28.8 Å². The van der Waals surface area contributed by atoms with Gasteiger partial charge in [0.15, 0.2) is 5.82 Å². The highest BCUT2D eigenvalue weighted by Gasteiger charge is 2.30. The van der Waals surface area contributed by atoms with E-state index >= 15 is 0 Å². The Morgan fingerprint density at radius 1 is 1.36 bits per heavy atom. The lowest BCUT2D eigenvalue weighted by atomic mass is 10.0. The number of hydrogen-bond donors (Lipinski definition) is 4. The maximum Gasteiger partial charge on any atom is 0.418 e. The molecule has 3 heterocycles. The molecule has 3 aromatic heterocycles. The number of nitrogens with zero attached hydrogens (tertiary/aromatic N) is 2. The molecule has 3 aromatic rings.